The summed E-state index contributed by atoms with van der Waals surface area (Å²) in [6.45, 7) is 0. The molecule has 2 saturated carbocycles. The van der Waals surface area contributed by atoms with Crippen LogP contribution in [0.25, 0.3) is 0 Å². The van der Waals surface area contributed by atoms with Crippen molar-refractivity contribution in [3.63, 3.8) is 0 Å². The topological polar surface area (TPSA) is 46.2 Å². The van der Waals surface area contributed by atoms with Crippen LogP contribution in [-0.4, -0.2) is 20.7 Å². The predicted molar refractivity (Wildman–Crippen MR) is 51.8 cm³/mol. The monoisotopic (exact) mass is 203 g/mol. The Hall–Kier alpha value is -0.0900. The molecule has 2 fully saturated rings. The van der Waals surface area contributed by atoms with Gasteiger partial charge in [0.2, 0.25) is 10.0 Å². The van der Waals surface area contributed by atoms with Gasteiger partial charge in [-0.15, -0.1) is 0 Å². The van der Waals surface area contributed by atoms with Crippen LogP contribution in [0, 0.1) is 11.8 Å². The van der Waals surface area contributed by atoms with E-state index in [1.54, 1.807) is 0 Å². The Morgan fingerprint density at radius 2 is 1.62 bits per heavy atom. The summed E-state index contributed by atoms with van der Waals surface area (Å²) in [4.78, 5) is 0. The van der Waals surface area contributed by atoms with Crippen LogP contribution in [-0.2, 0) is 10.0 Å². The van der Waals surface area contributed by atoms with E-state index in [9.17, 15) is 8.42 Å². The summed E-state index contributed by atoms with van der Waals surface area (Å²) in [5.74, 6) is 1.37. The van der Waals surface area contributed by atoms with Crippen molar-refractivity contribution < 1.29 is 8.42 Å². The largest absolute Gasteiger partial charge is 0.218 e. The molecule has 4 heteroatoms. The quantitative estimate of drug-likeness (QED) is 0.731. The molecule has 2 aliphatic carbocycles. The molecule has 2 unspecified atom stereocenters. The fourth-order valence-electron chi connectivity index (χ4n) is 2.87. The molecule has 0 heterocycles. The molecule has 0 aromatic heterocycles. The first-order valence-electron chi connectivity index (χ1n) is 5.04. The molecule has 0 aromatic carbocycles. The van der Waals surface area contributed by atoms with Gasteiger partial charge in [-0.1, -0.05) is 12.8 Å². The van der Waals surface area contributed by atoms with Gasteiger partial charge in [0.05, 0.1) is 5.25 Å². The molecular weight excluding hydrogens is 186 g/mol. The summed E-state index contributed by atoms with van der Waals surface area (Å²) in [5, 5.41) is -0.108. The molecular formula is C9H17NO2S. The van der Waals surface area contributed by atoms with Gasteiger partial charge in [0, 0.05) is 0 Å². The van der Waals surface area contributed by atoms with Crippen LogP contribution in [0.15, 0.2) is 0 Å². The molecule has 13 heavy (non-hydrogen) atoms. The van der Waals surface area contributed by atoms with Crippen molar-refractivity contribution in [2.24, 2.45) is 11.8 Å². The van der Waals surface area contributed by atoms with Gasteiger partial charge in [-0.25, -0.2) is 13.1 Å². The fourth-order valence-corrected chi connectivity index (χ4v) is 4.25. The molecule has 3 nitrogen and oxygen atoms in total. The van der Waals surface area contributed by atoms with Gasteiger partial charge in [0.15, 0.2) is 0 Å². The highest BCUT2D eigenvalue weighted by Crippen LogP contribution is 2.43. The van der Waals surface area contributed by atoms with Crippen molar-refractivity contribution in [1.82, 2.24) is 4.72 Å². The highest BCUT2D eigenvalue weighted by atomic mass is 32.2. The summed E-state index contributed by atoms with van der Waals surface area (Å²) >= 11 is 0. The van der Waals surface area contributed by atoms with Crippen LogP contribution in [0.4, 0.5) is 0 Å². The van der Waals surface area contributed by atoms with Crippen molar-refractivity contribution in [2.75, 3.05) is 7.05 Å². The zero-order chi connectivity index (χ0) is 9.47. The maximum Gasteiger partial charge on any atom is 0.214 e. The van der Waals surface area contributed by atoms with Crippen LogP contribution in [0.1, 0.15) is 32.1 Å². The molecule has 0 amide bonds. The SMILES string of the molecule is CNS(=O)(=O)C1CC2CCC(C2)C1. The van der Waals surface area contributed by atoms with Crippen molar-refractivity contribution in [1.29, 1.82) is 0 Å². The minimum Gasteiger partial charge on any atom is -0.218 e. The number of hydrogen-bond acceptors (Lipinski definition) is 2. The predicted octanol–water partition coefficient (Wildman–Crippen LogP) is 1.11. The van der Waals surface area contributed by atoms with Gasteiger partial charge in [-0.05, 0) is 38.1 Å². The smallest absolute Gasteiger partial charge is 0.214 e. The lowest BCUT2D eigenvalue weighted by Crippen LogP contribution is -2.36. The van der Waals surface area contributed by atoms with E-state index >= 15 is 0 Å². The van der Waals surface area contributed by atoms with Gasteiger partial charge in [-0.2, -0.15) is 0 Å². The second kappa shape index (κ2) is 3.24. The summed E-state index contributed by atoms with van der Waals surface area (Å²) in [6.07, 6.45) is 5.55. The molecule has 0 aromatic rings. The van der Waals surface area contributed by atoms with E-state index in [1.165, 1.54) is 26.3 Å². The first-order chi connectivity index (χ1) is 6.12. The molecule has 2 aliphatic rings. The van der Waals surface area contributed by atoms with Gasteiger partial charge in [-0.3, -0.25) is 0 Å². The Bertz CT molecular complexity index is 274. The van der Waals surface area contributed by atoms with Crippen molar-refractivity contribution in [2.45, 2.75) is 37.4 Å². The lowest BCUT2D eigenvalue weighted by atomic mass is 9.89. The Morgan fingerprint density at radius 1 is 1.08 bits per heavy atom. The van der Waals surface area contributed by atoms with E-state index in [-0.39, 0.29) is 5.25 Å². The van der Waals surface area contributed by atoms with Gasteiger partial charge in [0.1, 0.15) is 0 Å². The molecule has 2 bridgehead atoms. The summed E-state index contributed by atoms with van der Waals surface area (Å²) in [6, 6.07) is 0. The second-order valence-electron chi connectivity index (χ2n) is 4.39. The summed E-state index contributed by atoms with van der Waals surface area (Å²) in [7, 11) is -1.48. The molecule has 1 N–H and O–H groups in total. The Kier molecular flexibility index (Phi) is 2.36. The number of rotatable bonds is 2. The van der Waals surface area contributed by atoms with E-state index in [0.29, 0.717) is 11.8 Å². The lowest BCUT2D eigenvalue weighted by Gasteiger charge is -2.26. The van der Waals surface area contributed by atoms with Crippen LogP contribution >= 0.6 is 0 Å². The standard InChI is InChI=1S/C9H17NO2S/c1-10-13(11,12)9-5-7-2-3-8(4-7)6-9/h7-10H,2-6H2,1H3. The van der Waals surface area contributed by atoms with E-state index in [0.717, 1.165) is 12.8 Å². The molecule has 0 aliphatic heterocycles. The number of fused-ring (bicyclic) bond motifs is 2. The number of hydrogen-bond donors (Lipinski definition) is 1. The van der Waals surface area contributed by atoms with Gasteiger partial charge < -0.3 is 0 Å². The van der Waals surface area contributed by atoms with Crippen LogP contribution in [0.5, 0.6) is 0 Å². The van der Waals surface area contributed by atoms with Crippen LogP contribution in [0.2, 0.25) is 0 Å². The molecule has 76 valence electrons. The van der Waals surface area contributed by atoms with Crippen molar-refractivity contribution >= 4 is 10.0 Å². The maximum absolute atomic E-state index is 11.6. The maximum atomic E-state index is 11.6. The zero-order valence-electron chi connectivity index (χ0n) is 7.99. The molecule has 0 spiro atoms. The average molecular weight is 203 g/mol. The van der Waals surface area contributed by atoms with Gasteiger partial charge in [0.25, 0.3) is 0 Å². The minimum absolute atomic E-state index is 0.108. The van der Waals surface area contributed by atoms with Crippen LogP contribution < -0.4 is 4.72 Å². The third kappa shape index (κ3) is 1.74. The van der Waals surface area contributed by atoms with Gasteiger partial charge >= 0.3 is 0 Å². The Morgan fingerprint density at radius 3 is 2.08 bits per heavy atom. The Balaban J connectivity index is 2.11. The highest BCUT2D eigenvalue weighted by Gasteiger charge is 2.39. The Labute approximate surface area is 80.0 Å². The van der Waals surface area contributed by atoms with Crippen molar-refractivity contribution in [3.8, 4) is 0 Å². The molecule has 0 radical (unpaired) electrons. The average Bonchev–Trinajstić information content (AvgIpc) is 2.45. The van der Waals surface area contributed by atoms with E-state index in [2.05, 4.69) is 4.72 Å². The van der Waals surface area contributed by atoms with E-state index in [4.69, 9.17) is 0 Å². The number of nitrogens with one attached hydrogen (secondary N) is 1. The molecule has 0 saturated heterocycles. The normalized spacial score (nSPS) is 39.3. The highest BCUT2D eigenvalue weighted by molar-refractivity contribution is 7.90. The van der Waals surface area contributed by atoms with Crippen molar-refractivity contribution in [3.05, 3.63) is 0 Å². The zero-order valence-corrected chi connectivity index (χ0v) is 8.81. The first kappa shape index (κ1) is 9.46. The van der Waals surface area contributed by atoms with Crippen LogP contribution in [0.3, 0.4) is 0 Å². The first-order valence-corrected chi connectivity index (χ1v) is 6.59. The molecule has 2 rings (SSSR count). The van der Waals surface area contributed by atoms with E-state index < -0.39 is 10.0 Å². The summed E-state index contributed by atoms with van der Waals surface area (Å²) < 4.78 is 25.6. The number of sulfonamides is 1. The lowest BCUT2D eigenvalue weighted by molar-refractivity contribution is 0.356. The third-order valence-electron chi connectivity index (χ3n) is 3.57. The third-order valence-corrected chi connectivity index (χ3v) is 5.40. The fraction of sp³-hybridized carbons (Fsp3) is 1.00. The van der Waals surface area contributed by atoms with E-state index in [1.807, 2.05) is 0 Å². The molecule has 2 atom stereocenters. The summed E-state index contributed by atoms with van der Waals surface area (Å²) in [5.41, 5.74) is 0. The second-order valence-corrected chi connectivity index (χ2v) is 6.55. The minimum atomic E-state index is -3.00.